The number of rotatable bonds is 4. The minimum atomic E-state index is 0.963. The molecule has 0 spiro atoms. The molecule has 2 aromatic heterocycles. The van der Waals surface area contributed by atoms with E-state index >= 15 is 0 Å². The fraction of sp³-hybridized carbons (Fsp3) is 0.0600. The van der Waals surface area contributed by atoms with Gasteiger partial charge in [-0.2, -0.15) is 0 Å². The Morgan fingerprint density at radius 3 is 1.52 bits per heavy atom. The molecule has 0 N–H and O–H groups in total. The van der Waals surface area contributed by atoms with Gasteiger partial charge in [-0.1, -0.05) is 151 Å². The molecule has 0 amide bonds. The molecule has 0 fully saturated rings. The zero-order valence-corrected chi connectivity index (χ0v) is 29.2. The van der Waals surface area contributed by atoms with Gasteiger partial charge in [0.25, 0.3) is 0 Å². The van der Waals surface area contributed by atoms with Crippen LogP contribution in [0.25, 0.3) is 72.3 Å². The van der Waals surface area contributed by atoms with Gasteiger partial charge in [0.1, 0.15) is 0 Å². The monoisotopic (exact) mass is 666 g/mol. The van der Waals surface area contributed by atoms with Crippen LogP contribution in [-0.4, -0.2) is 9.55 Å². The summed E-state index contributed by atoms with van der Waals surface area (Å²) in [4.78, 5) is 5.18. The minimum Gasteiger partial charge on any atom is -0.309 e. The predicted octanol–water partition coefficient (Wildman–Crippen LogP) is 12.9. The van der Waals surface area contributed by atoms with Crippen LogP contribution in [-0.2, 0) is 12.8 Å². The van der Waals surface area contributed by atoms with Crippen molar-refractivity contribution in [1.29, 1.82) is 0 Å². The maximum atomic E-state index is 5.18. The van der Waals surface area contributed by atoms with Gasteiger partial charge in [0, 0.05) is 27.6 Å². The molecule has 0 aliphatic heterocycles. The number of hydrogen-bond acceptors (Lipinski definition) is 1. The van der Waals surface area contributed by atoms with Crippen LogP contribution >= 0.6 is 0 Å². The third-order valence-electron chi connectivity index (χ3n) is 10.2. The van der Waals surface area contributed by atoms with Gasteiger partial charge in [0.15, 0.2) is 0 Å². The van der Waals surface area contributed by atoms with E-state index in [0.29, 0.717) is 0 Å². The standard InChI is InChI=1S/C36H26N2.C14H12/c1-25-11-9-14-27(21-25)33-23-29(26-12-3-2-4-13-26)24-34(37-33)28-15-10-16-30(22-28)38-35-19-7-5-17-31(35)32-18-6-8-20-36(32)38;1-3-7-13-11(5-1)9-10-12-6-2-4-8-14(12)13/h2-24H,1H3;1-8H,9-10H2. The largest absolute Gasteiger partial charge is 0.309 e. The van der Waals surface area contributed by atoms with Crippen molar-refractivity contribution in [3.8, 4) is 50.5 Å². The summed E-state index contributed by atoms with van der Waals surface area (Å²) in [5, 5.41) is 2.53. The number of fused-ring (bicyclic) bond motifs is 6. The molecule has 248 valence electrons. The second-order valence-electron chi connectivity index (χ2n) is 13.6. The molecule has 9 aromatic rings. The van der Waals surface area contributed by atoms with Crippen molar-refractivity contribution in [3.63, 3.8) is 0 Å². The number of aryl methyl sites for hydroxylation is 3. The number of nitrogens with zero attached hydrogens (tertiary/aromatic N) is 2. The topological polar surface area (TPSA) is 17.8 Å². The lowest BCUT2D eigenvalue weighted by Gasteiger charge is -2.19. The summed E-state index contributed by atoms with van der Waals surface area (Å²) in [7, 11) is 0. The Labute approximate surface area is 305 Å². The molecule has 52 heavy (non-hydrogen) atoms. The molecule has 1 aliphatic rings. The highest BCUT2D eigenvalue weighted by molar-refractivity contribution is 6.09. The van der Waals surface area contributed by atoms with Gasteiger partial charge < -0.3 is 4.57 Å². The Kier molecular flexibility index (Phi) is 8.27. The summed E-state index contributed by atoms with van der Waals surface area (Å²) in [6.45, 7) is 2.13. The maximum absolute atomic E-state index is 5.18. The van der Waals surface area contributed by atoms with Crippen molar-refractivity contribution in [2.24, 2.45) is 0 Å². The molecule has 7 aromatic carbocycles. The number of aromatic nitrogens is 2. The summed E-state index contributed by atoms with van der Waals surface area (Å²) in [5.41, 5.74) is 17.1. The first-order valence-corrected chi connectivity index (χ1v) is 18.1. The van der Waals surface area contributed by atoms with Gasteiger partial charge in [0.05, 0.1) is 22.4 Å². The highest BCUT2D eigenvalue weighted by atomic mass is 15.0. The van der Waals surface area contributed by atoms with Gasteiger partial charge in [-0.25, -0.2) is 4.98 Å². The number of benzene rings is 7. The van der Waals surface area contributed by atoms with Crippen LogP contribution in [0.15, 0.2) is 188 Å². The summed E-state index contributed by atoms with van der Waals surface area (Å²) < 4.78 is 2.36. The molecule has 0 atom stereocenters. The quantitative estimate of drug-likeness (QED) is 0.183. The Hall–Kier alpha value is -6.51. The van der Waals surface area contributed by atoms with Crippen LogP contribution < -0.4 is 0 Å². The first kappa shape index (κ1) is 31.5. The number of pyridine rings is 1. The van der Waals surface area contributed by atoms with Crippen LogP contribution in [0.1, 0.15) is 16.7 Å². The highest BCUT2D eigenvalue weighted by Gasteiger charge is 2.15. The van der Waals surface area contributed by atoms with E-state index in [-0.39, 0.29) is 0 Å². The first-order chi connectivity index (χ1) is 25.7. The second kappa shape index (κ2) is 13.7. The average Bonchev–Trinajstić information content (AvgIpc) is 3.56. The van der Waals surface area contributed by atoms with Gasteiger partial charge in [-0.05, 0) is 95.6 Å². The third kappa shape index (κ3) is 5.99. The zero-order valence-electron chi connectivity index (χ0n) is 29.2. The van der Waals surface area contributed by atoms with Gasteiger partial charge >= 0.3 is 0 Å². The minimum absolute atomic E-state index is 0.963. The summed E-state index contributed by atoms with van der Waals surface area (Å²) in [5.74, 6) is 0. The lowest BCUT2D eigenvalue weighted by Crippen LogP contribution is -2.02. The van der Waals surface area contributed by atoms with E-state index in [9.17, 15) is 0 Å². The summed E-state index contributed by atoms with van der Waals surface area (Å²) >= 11 is 0. The highest BCUT2D eigenvalue weighted by Crippen LogP contribution is 2.35. The molecule has 2 heterocycles. The van der Waals surface area contributed by atoms with Crippen LogP contribution in [0.2, 0.25) is 0 Å². The van der Waals surface area contributed by atoms with Crippen LogP contribution in [0, 0.1) is 6.92 Å². The normalized spacial score (nSPS) is 11.8. The van der Waals surface area contributed by atoms with E-state index in [1.165, 1.54) is 68.0 Å². The number of para-hydroxylation sites is 2. The molecule has 1 aliphatic carbocycles. The van der Waals surface area contributed by atoms with Crippen LogP contribution in [0.3, 0.4) is 0 Å². The smallest absolute Gasteiger partial charge is 0.0716 e. The predicted molar refractivity (Wildman–Crippen MR) is 219 cm³/mol. The van der Waals surface area contributed by atoms with Crippen LogP contribution in [0.5, 0.6) is 0 Å². The molecule has 2 heteroatoms. The molecular weight excluding hydrogens is 629 g/mol. The second-order valence-corrected chi connectivity index (χ2v) is 13.6. The van der Waals surface area contributed by atoms with E-state index in [4.69, 9.17) is 4.98 Å². The average molecular weight is 667 g/mol. The van der Waals surface area contributed by atoms with Crippen molar-refractivity contribution >= 4 is 21.8 Å². The number of hydrogen-bond donors (Lipinski definition) is 0. The molecule has 2 nitrogen and oxygen atoms in total. The molecular formula is C50H38N2. The van der Waals surface area contributed by atoms with Gasteiger partial charge in [-0.3, -0.25) is 0 Å². The molecule has 0 saturated heterocycles. The molecule has 0 bridgehead atoms. The Morgan fingerprint density at radius 2 is 0.904 bits per heavy atom. The molecule has 0 unspecified atom stereocenters. The van der Waals surface area contributed by atoms with E-state index in [1.54, 1.807) is 0 Å². The molecule has 10 rings (SSSR count). The maximum Gasteiger partial charge on any atom is 0.0716 e. The fourth-order valence-electron chi connectivity index (χ4n) is 7.70. The SMILES string of the molecule is Cc1cccc(-c2cc(-c3ccccc3)cc(-c3cccc(-n4c5ccccc5c5ccccc54)c3)n2)c1.c1ccc2c(c1)CCc1ccccc1-2. The van der Waals surface area contributed by atoms with Gasteiger partial charge in [0.2, 0.25) is 0 Å². The van der Waals surface area contributed by atoms with Crippen LogP contribution in [0.4, 0.5) is 0 Å². The summed E-state index contributed by atoms with van der Waals surface area (Å²) in [6.07, 6.45) is 2.38. The lowest BCUT2D eigenvalue weighted by molar-refractivity contribution is 0.942. The van der Waals surface area contributed by atoms with E-state index in [1.807, 2.05) is 0 Å². The lowest BCUT2D eigenvalue weighted by atomic mass is 9.86. The first-order valence-electron chi connectivity index (χ1n) is 18.1. The fourth-order valence-corrected chi connectivity index (χ4v) is 7.70. The van der Waals surface area contributed by atoms with Crippen molar-refractivity contribution in [2.75, 3.05) is 0 Å². The van der Waals surface area contributed by atoms with E-state index < -0.39 is 0 Å². The molecule has 0 saturated carbocycles. The van der Waals surface area contributed by atoms with E-state index in [0.717, 1.165) is 33.8 Å². The molecule has 0 radical (unpaired) electrons. The van der Waals surface area contributed by atoms with E-state index in [2.05, 4.69) is 200 Å². The van der Waals surface area contributed by atoms with Crippen molar-refractivity contribution in [1.82, 2.24) is 9.55 Å². The Balaban J connectivity index is 0.000000214. The summed E-state index contributed by atoms with van der Waals surface area (Å²) in [6, 6.07) is 67.0. The van der Waals surface area contributed by atoms with Crippen molar-refractivity contribution in [2.45, 2.75) is 19.8 Å². The third-order valence-corrected chi connectivity index (χ3v) is 10.2. The zero-order chi connectivity index (χ0) is 34.9. The van der Waals surface area contributed by atoms with Gasteiger partial charge in [-0.15, -0.1) is 0 Å². The Bertz CT molecular complexity index is 2600. The van der Waals surface area contributed by atoms with Crippen molar-refractivity contribution in [3.05, 3.63) is 205 Å². The van der Waals surface area contributed by atoms with Crippen molar-refractivity contribution < 1.29 is 0 Å². The Morgan fingerprint density at radius 1 is 0.404 bits per heavy atom.